The minimum Gasteiger partial charge on any atom is -0.342 e. The van der Waals surface area contributed by atoms with Crippen LogP contribution in [0.4, 0.5) is 0 Å². The molecule has 19 heavy (non-hydrogen) atoms. The van der Waals surface area contributed by atoms with Crippen molar-refractivity contribution < 1.29 is 0 Å². The van der Waals surface area contributed by atoms with Crippen molar-refractivity contribution in [2.45, 2.75) is 38.8 Å². The Labute approximate surface area is 119 Å². The second-order valence-corrected chi connectivity index (χ2v) is 6.15. The van der Waals surface area contributed by atoms with Crippen LogP contribution in [0.2, 0.25) is 5.02 Å². The molecule has 100 valence electrons. The number of likely N-dealkylation sites (N-methyl/N-ethyl adjacent to an activating group) is 1. The molecule has 0 bridgehead atoms. The molecule has 2 nitrogen and oxygen atoms in total. The third-order valence-electron chi connectivity index (χ3n) is 4.85. The molecule has 0 unspecified atom stereocenters. The fourth-order valence-corrected chi connectivity index (χ4v) is 4.20. The van der Waals surface area contributed by atoms with Crippen LogP contribution >= 0.6 is 11.6 Å². The molecule has 0 radical (unpaired) electrons. The van der Waals surface area contributed by atoms with Gasteiger partial charge in [0.1, 0.15) is 0 Å². The lowest BCUT2D eigenvalue weighted by atomic mass is 9.90. The van der Waals surface area contributed by atoms with Gasteiger partial charge in [-0.2, -0.15) is 0 Å². The summed E-state index contributed by atoms with van der Waals surface area (Å²) in [6.45, 7) is 5.74. The van der Waals surface area contributed by atoms with Gasteiger partial charge in [-0.15, -0.1) is 0 Å². The molecule has 1 aromatic carbocycles. The monoisotopic (exact) mass is 274 g/mol. The van der Waals surface area contributed by atoms with Gasteiger partial charge in [-0.3, -0.25) is 4.90 Å². The Morgan fingerprint density at radius 1 is 1.32 bits per heavy atom. The van der Waals surface area contributed by atoms with Crippen LogP contribution in [0.1, 0.15) is 37.1 Å². The number of hydrogen-bond acceptors (Lipinski definition) is 1. The second kappa shape index (κ2) is 4.26. The van der Waals surface area contributed by atoms with E-state index in [1.807, 2.05) is 6.07 Å². The number of aromatic nitrogens is 1. The highest BCUT2D eigenvalue weighted by atomic mass is 35.5. The zero-order valence-corrected chi connectivity index (χ0v) is 12.1. The van der Waals surface area contributed by atoms with Crippen LogP contribution in [-0.2, 0) is 13.0 Å². The lowest BCUT2D eigenvalue weighted by Crippen LogP contribution is -2.39. The van der Waals surface area contributed by atoms with Crippen molar-refractivity contribution in [3.05, 3.63) is 34.5 Å². The Balaban J connectivity index is 2.01. The summed E-state index contributed by atoms with van der Waals surface area (Å²) in [5.74, 6) is 0. The van der Waals surface area contributed by atoms with Gasteiger partial charge in [-0.25, -0.2) is 0 Å². The molecule has 0 amide bonds. The van der Waals surface area contributed by atoms with E-state index in [2.05, 4.69) is 28.5 Å². The van der Waals surface area contributed by atoms with Gasteiger partial charge in [-0.05, 0) is 49.6 Å². The van der Waals surface area contributed by atoms with Crippen LogP contribution in [0.3, 0.4) is 0 Å². The van der Waals surface area contributed by atoms with Crippen molar-refractivity contribution in [1.82, 2.24) is 9.47 Å². The quantitative estimate of drug-likeness (QED) is 0.763. The van der Waals surface area contributed by atoms with Crippen LogP contribution in [0.25, 0.3) is 10.9 Å². The molecule has 1 aliphatic carbocycles. The molecule has 0 saturated heterocycles. The maximum Gasteiger partial charge on any atom is 0.0504 e. The Morgan fingerprint density at radius 3 is 3.05 bits per heavy atom. The summed E-state index contributed by atoms with van der Waals surface area (Å²) in [7, 11) is 0. The lowest BCUT2D eigenvalue weighted by Gasteiger charge is -2.39. The van der Waals surface area contributed by atoms with Crippen molar-refractivity contribution in [1.29, 1.82) is 0 Å². The third kappa shape index (κ3) is 1.60. The van der Waals surface area contributed by atoms with Crippen LogP contribution in [0, 0.1) is 0 Å². The van der Waals surface area contributed by atoms with Gasteiger partial charge in [0, 0.05) is 34.7 Å². The summed E-state index contributed by atoms with van der Waals surface area (Å²) in [6, 6.07) is 7.03. The number of aryl methyl sites for hydroxylation is 1. The van der Waals surface area contributed by atoms with E-state index in [1.54, 1.807) is 11.3 Å². The van der Waals surface area contributed by atoms with Crippen molar-refractivity contribution >= 4 is 22.5 Å². The predicted octanol–water partition coefficient (Wildman–Crippen LogP) is 4.01. The molecular formula is C16H19ClN2. The van der Waals surface area contributed by atoms with Gasteiger partial charge in [0.15, 0.2) is 0 Å². The molecule has 0 fully saturated rings. The van der Waals surface area contributed by atoms with E-state index in [9.17, 15) is 0 Å². The highest BCUT2D eigenvalue weighted by Gasteiger charge is 2.33. The molecule has 0 spiro atoms. The molecule has 1 atom stereocenters. The van der Waals surface area contributed by atoms with E-state index in [4.69, 9.17) is 11.6 Å². The van der Waals surface area contributed by atoms with Gasteiger partial charge < -0.3 is 4.57 Å². The number of benzene rings is 1. The number of rotatable bonds is 1. The van der Waals surface area contributed by atoms with Crippen molar-refractivity contribution in [2.75, 3.05) is 13.1 Å². The molecule has 1 aliphatic heterocycles. The smallest absolute Gasteiger partial charge is 0.0504 e. The van der Waals surface area contributed by atoms with Crippen molar-refractivity contribution in [3.63, 3.8) is 0 Å². The van der Waals surface area contributed by atoms with E-state index in [0.717, 1.165) is 18.1 Å². The number of nitrogens with zero attached hydrogens (tertiary/aromatic N) is 2. The highest BCUT2D eigenvalue weighted by Crippen LogP contribution is 2.42. The minimum atomic E-state index is 0.633. The molecule has 0 saturated carbocycles. The molecular weight excluding hydrogens is 256 g/mol. The van der Waals surface area contributed by atoms with E-state index in [0.29, 0.717) is 6.04 Å². The first-order chi connectivity index (χ1) is 9.29. The fourth-order valence-electron chi connectivity index (χ4n) is 4.03. The van der Waals surface area contributed by atoms with Crippen LogP contribution in [-0.4, -0.2) is 22.6 Å². The van der Waals surface area contributed by atoms with E-state index in [1.165, 1.54) is 36.7 Å². The first-order valence-corrected chi connectivity index (χ1v) is 7.72. The molecule has 3 heteroatoms. The fraction of sp³-hybridized carbons (Fsp3) is 0.500. The normalized spacial score (nSPS) is 22.7. The summed E-state index contributed by atoms with van der Waals surface area (Å²) in [4.78, 5) is 2.64. The lowest BCUT2D eigenvalue weighted by molar-refractivity contribution is 0.149. The summed E-state index contributed by atoms with van der Waals surface area (Å²) in [6.07, 6.45) is 3.83. The Kier molecular flexibility index (Phi) is 2.64. The molecule has 0 N–H and O–H groups in total. The largest absolute Gasteiger partial charge is 0.342 e. The zero-order chi connectivity index (χ0) is 13.0. The standard InChI is InChI=1S/C16H19ClN2/c1-2-18-8-9-19-14-7-6-11(17)10-13(14)12-4-3-5-15(18)16(12)19/h6-7,10,15H,2-5,8-9H2,1H3/t15-/m1/s1. The van der Waals surface area contributed by atoms with E-state index >= 15 is 0 Å². The van der Waals surface area contributed by atoms with Gasteiger partial charge in [0.25, 0.3) is 0 Å². The minimum absolute atomic E-state index is 0.633. The Morgan fingerprint density at radius 2 is 2.21 bits per heavy atom. The summed E-state index contributed by atoms with van der Waals surface area (Å²) >= 11 is 6.20. The van der Waals surface area contributed by atoms with Gasteiger partial charge in [-0.1, -0.05) is 18.5 Å². The molecule has 1 aromatic heterocycles. The maximum atomic E-state index is 6.20. The molecule has 2 heterocycles. The number of fused-ring (bicyclic) bond motifs is 3. The van der Waals surface area contributed by atoms with E-state index < -0.39 is 0 Å². The van der Waals surface area contributed by atoms with E-state index in [-0.39, 0.29) is 0 Å². The van der Waals surface area contributed by atoms with Crippen LogP contribution < -0.4 is 0 Å². The average molecular weight is 275 g/mol. The summed E-state index contributed by atoms with van der Waals surface area (Å²) in [5.41, 5.74) is 4.53. The average Bonchev–Trinajstić information content (AvgIpc) is 2.75. The zero-order valence-electron chi connectivity index (χ0n) is 11.3. The van der Waals surface area contributed by atoms with Gasteiger partial charge >= 0.3 is 0 Å². The molecule has 2 aliphatic rings. The molecule has 4 rings (SSSR count). The van der Waals surface area contributed by atoms with Crippen molar-refractivity contribution in [2.24, 2.45) is 0 Å². The molecule has 2 aromatic rings. The SMILES string of the molecule is CCN1CCn2c3c(c4cc(Cl)ccc42)CCC[C@H]31. The third-order valence-corrected chi connectivity index (χ3v) is 5.09. The predicted molar refractivity (Wildman–Crippen MR) is 79.9 cm³/mol. The Bertz CT molecular complexity index is 644. The first-order valence-electron chi connectivity index (χ1n) is 7.34. The Hall–Kier alpha value is -0.990. The topological polar surface area (TPSA) is 8.17 Å². The summed E-state index contributed by atoms with van der Waals surface area (Å²) < 4.78 is 2.55. The van der Waals surface area contributed by atoms with Crippen molar-refractivity contribution in [3.8, 4) is 0 Å². The number of hydrogen-bond donors (Lipinski definition) is 0. The van der Waals surface area contributed by atoms with Gasteiger partial charge in [0.05, 0.1) is 6.04 Å². The second-order valence-electron chi connectivity index (χ2n) is 5.71. The van der Waals surface area contributed by atoms with Gasteiger partial charge in [0.2, 0.25) is 0 Å². The summed E-state index contributed by atoms with van der Waals surface area (Å²) in [5, 5.41) is 2.26. The van der Waals surface area contributed by atoms with Crippen LogP contribution in [0.5, 0.6) is 0 Å². The highest BCUT2D eigenvalue weighted by molar-refractivity contribution is 6.31. The first kappa shape index (κ1) is 11.8. The van der Waals surface area contributed by atoms with Crippen LogP contribution in [0.15, 0.2) is 18.2 Å². The maximum absolute atomic E-state index is 6.20. The number of halogens is 1.